The highest BCUT2D eigenvalue weighted by atomic mass is 16.3. The monoisotopic (exact) mass is 260 g/mol. The third-order valence-corrected chi connectivity index (χ3v) is 3.82. The third kappa shape index (κ3) is 3.17. The number of aryl methyl sites for hydroxylation is 1. The number of nitrogens with zero attached hydrogens (tertiary/aromatic N) is 1. The van der Waals surface area contributed by atoms with Crippen molar-refractivity contribution in [1.82, 2.24) is 5.32 Å². The number of amides is 1. The normalized spacial score (nSPS) is 18.3. The van der Waals surface area contributed by atoms with Crippen LogP contribution in [-0.2, 0) is 11.3 Å². The fourth-order valence-corrected chi connectivity index (χ4v) is 2.64. The van der Waals surface area contributed by atoms with Crippen LogP contribution in [0.3, 0.4) is 0 Å². The summed E-state index contributed by atoms with van der Waals surface area (Å²) in [6.07, 6.45) is 5.50. The molecule has 19 heavy (non-hydrogen) atoms. The summed E-state index contributed by atoms with van der Waals surface area (Å²) in [5.41, 5.74) is -0.835. The van der Waals surface area contributed by atoms with E-state index in [1.165, 1.54) is 0 Å². The van der Waals surface area contributed by atoms with Crippen LogP contribution in [0.5, 0.6) is 0 Å². The molecular weight excluding hydrogens is 240 g/mol. The van der Waals surface area contributed by atoms with E-state index in [9.17, 15) is 10.1 Å². The average Bonchev–Trinajstić information content (AvgIpc) is 2.69. The van der Waals surface area contributed by atoms with Crippen molar-refractivity contribution in [2.75, 3.05) is 0 Å². The lowest BCUT2D eigenvalue weighted by molar-refractivity contribution is -0.129. The van der Waals surface area contributed by atoms with Crippen LogP contribution in [0.2, 0.25) is 0 Å². The maximum Gasteiger partial charge on any atom is 0.240 e. The summed E-state index contributed by atoms with van der Waals surface area (Å²) in [6, 6.07) is 5.97. The van der Waals surface area contributed by atoms with E-state index >= 15 is 0 Å². The van der Waals surface area contributed by atoms with Crippen molar-refractivity contribution in [2.45, 2.75) is 52.0 Å². The summed E-state index contributed by atoms with van der Waals surface area (Å²) in [7, 11) is 0. The Labute approximate surface area is 113 Å². The zero-order valence-electron chi connectivity index (χ0n) is 11.4. The second-order valence-electron chi connectivity index (χ2n) is 5.30. The van der Waals surface area contributed by atoms with Gasteiger partial charge >= 0.3 is 0 Å². The summed E-state index contributed by atoms with van der Waals surface area (Å²) in [5.74, 6) is 1.41. The number of carbonyl (C=O) groups is 1. The highest BCUT2D eigenvalue weighted by Crippen LogP contribution is 2.34. The van der Waals surface area contributed by atoms with E-state index in [2.05, 4.69) is 11.4 Å². The van der Waals surface area contributed by atoms with Crippen molar-refractivity contribution >= 4 is 5.91 Å². The first-order valence-corrected chi connectivity index (χ1v) is 6.91. The fraction of sp³-hybridized carbons (Fsp3) is 0.600. The minimum absolute atomic E-state index is 0.147. The first-order chi connectivity index (χ1) is 9.16. The van der Waals surface area contributed by atoms with E-state index in [4.69, 9.17) is 4.42 Å². The van der Waals surface area contributed by atoms with Gasteiger partial charge in [0.15, 0.2) is 0 Å². The van der Waals surface area contributed by atoms with Crippen molar-refractivity contribution in [3.8, 4) is 6.07 Å². The van der Waals surface area contributed by atoms with Crippen LogP contribution in [0, 0.1) is 23.7 Å². The lowest BCUT2D eigenvalue weighted by atomic mass is 9.81. The van der Waals surface area contributed by atoms with E-state index in [1.54, 1.807) is 0 Å². The standard InChI is InChI=1S/C15H20N2O2/c1-12-6-7-13(19-12)10-17-14(18)15(11-16)8-4-2-3-5-9-15/h6-7H,2-5,8-10H2,1H3,(H,17,18). The van der Waals surface area contributed by atoms with Gasteiger partial charge in [-0.2, -0.15) is 5.26 Å². The molecule has 1 N–H and O–H groups in total. The van der Waals surface area contributed by atoms with Gasteiger partial charge in [0.25, 0.3) is 0 Å². The molecular formula is C15H20N2O2. The number of hydrogen-bond donors (Lipinski definition) is 1. The lowest BCUT2D eigenvalue weighted by Gasteiger charge is -2.23. The Morgan fingerprint density at radius 2 is 2.05 bits per heavy atom. The fourth-order valence-electron chi connectivity index (χ4n) is 2.64. The van der Waals surface area contributed by atoms with Crippen LogP contribution >= 0.6 is 0 Å². The van der Waals surface area contributed by atoms with Crippen LogP contribution in [-0.4, -0.2) is 5.91 Å². The van der Waals surface area contributed by atoms with Crippen molar-refractivity contribution in [3.05, 3.63) is 23.7 Å². The molecule has 0 bridgehead atoms. The number of rotatable bonds is 3. The number of nitriles is 1. The van der Waals surface area contributed by atoms with E-state index < -0.39 is 5.41 Å². The number of hydrogen-bond acceptors (Lipinski definition) is 3. The zero-order chi connectivity index (χ0) is 13.7. The van der Waals surface area contributed by atoms with Gasteiger partial charge in [0, 0.05) is 0 Å². The first kappa shape index (κ1) is 13.7. The second-order valence-corrected chi connectivity index (χ2v) is 5.30. The average molecular weight is 260 g/mol. The molecule has 0 aliphatic heterocycles. The van der Waals surface area contributed by atoms with Gasteiger partial charge in [0.2, 0.25) is 5.91 Å². The van der Waals surface area contributed by atoms with Crippen LogP contribution in [0.4, 0.5) is 0 Å². The Bertz CT molecular complexity index is 477. The van der Waals surface area contributed by atoms with Gasteiger partial charge in [0.1, 0.15) is 16.9 Å². The van der Waals surface area contributed by atoms with Gasteiger partial charge in [-0.15, -0.1) is 0 Å². The molecule has 1 heterocycles. The van der Waals surface area contributed by atoms with Gasteiger partial charge < -0.3 is 9.73 Å². The highest BCUT2D eigenvalue weighted by Gasteiger charge is 2.38. The topological polar surface area (TPSA) is 66.0 Å². The van der Waals surface area contributed by atoms with Crippen LogP contribution in [0.15, 0.2) is 16.5 Å². The molecule has 0 radical (unpaired) electrons. The SMILES string of the molecule is Cc1ccc(CNC(=O)C2(C#N)CCCCCC2)o1. The van der Waals surface area contributed by atoms with Gasteiger partial charge in [-0.25, -0.2) is 0 Å². The van der Waals surface area contributed by atoms with Crippen LogP contribution in [0.1, 0.15) is 50.0 Å². The highest BCUT2D eigenvalue weighted by molar-refractivity contribution is 5.85. The maximum atomic E-state index is 12.3. The van der Waals surface area contributed by atoms with Crippen molar-refractivity contribution < 1.29 is 9.21 Å². The second kappa shape index (κ2) is 5.92. The van der Waals surface area contributed by atoms with E-state index in [-0.39, 0.29) is 5.91 Å². The third-order valence-electron chi connectivity index (χ3n) is 3.82. The Hall–Kier alpha value is -1.76. The minimum Gasteiger partial charge on any atom is -0.465 e. The van der Waals surface area contributed by atoms with Crippen molar-refractivity contribution in [1.29, 1.82) is 5.26 Å². The molecule has 1 aliphatic carbocycles. The van der Waals surface area contributed by atoms with Gasteiger partial charge in [-0.05, 0) is 31.9 Å². The molecule has 1 aromatic heterocycles. The van der Waals surface area contributed by atoms with Crippen molar-refractivity contribution in [3.63, 3.8) is 0 Å². The van der Waals surface area contributed by atoms with Crippen LogP contribution < -0.4 is 5.32 Å². The van der Waals surface area contributed by atoms with Crippen LogP contribution in [0.25, 0.3) is 0 Å². The Morgan fingerprint density at radius 1 is 1.37 bits per heavy atom. The zero-order valence-corrected chi connectivity index (χ0v) is 11.4. The largest absolute Gasteiger partial charge is 0.465 e. The molecule has 0 atom stereocenters. The first-order valence-electron chi connectivity index (χ1n) is 6.91. The molecule has 4 heteroatoms. The van der Waals surface area contributed by atoms with E-state index in [0.717, 1.165) is 37.2 Å². The molecule has 0 unspecified atom stereocenters. The Kier molecular flexibility index (Phi) is 4.26. The molecule has 0 spiro atoms. The summed E-state index contributed by atoms with van der Waals surface area (Å²) >= 11 is 0. The molecule has 102 valence electrons. The molecule has 0 aromatic carbocycles. The quantitative estimate of drug-likeness (QED) is 0.849. The summed E-state index contributed by atoms with van der Waals surface area (Å²) in [4.78, 5) is 12.3. The molecule has 1 saturated carbocycles. The lowest BCUT2D eigenvalue weighted by Crippen LogP contribution is -2.39. The van der Waals surface area contributed by atoms with Gasteiger partial charge in [-0.3, -0.25) is 4.79 Å². The number of carbonyl (C=O) groups excluding carboxylic acids is 1. The summed E-state index contributed by atoms with van der Waals surface area (Å²) in [6.45, 7) is 2.23. The minimum atomic E-state index is -0.835. The van der Waals surface area contributed by atoms with Crippen molar-refractivity contribution in [2.24, 2.45) is 5.41 Å². The van der Waals surface area contributed by atoms with Gasteiger partial charge in [-0.1, -0.05) is 25.7 Å². The van der Waals surface area contributed by atoms with E-state index in [1.807, 2.05) is 19.1 Å². The predicted octanol–water partition coefficient (Wildman–Crippen LogP) is 3.07. The molecule has 2 rings (SSSR count). The maximum absolute atomic E-state index is 12.3. The predicted molar refractivity (Wildman–Crippen MR) is 71.0 cm³/mol. The molecule has 1 fully saturated rings. The molecule has 1 aromatic rings. The van der Waals surface area contributed by atoms with Gasteiger partial charge in [0.05, 0.1) is 12.6 Å². The Balaban J connectivity index is 1.98. The smallest absolute Gasteiger partial charge is 0.240 e. The number of furan rings is 1. The molecule has 1 aliphatic rings. The summed E-state index contributed by atoms with van der Waals surface area (Å²) < 4.78 is 5.41. The molecule has 4 nitrogen and oxygen atoms in total. The molecule has 1 amide bonds. The number of nitrogens with one attached hydrogen (secondary N) is 1. The molecule has 0 saturated heterocycles. The Morgan fingerprint density at radius 3 is 2.58 bits per heavy atom. The summed E-state index contributed by atoms with van der Waals surface area (Å²) in [5, 5.41) is 12.3. The van der Waals surface area contributed by atoms with E-state index in [0.29, 0.717) is 19.4 Å².